The highest BCUT2D eigenvalue weighted by molar-refractivity contribution is 5.96. The van der Waals surface area contributed by atoms with Crippen LogP contribution in [-0.2, 0) is 11.3 Å². The number of amides is 1. The Labute approximate surface area is 151 Å². The van der Waals surface area contributed by atoms with Crippen molar-refractivity contribution in [3.63, 3.8) is 0 Å². The molecule has 0 fully saturated rings. The Morgan fingerprint density at radius 1 is 1.08 bits per heavy atom. The predicted molar refractivity (Wildman–Crippen MR) is 98.0 cm³/mol. The molecule has 0 aliphatic carbocycles. The maximum atomic E-state index is 13.1. The number of aromatic carboxylic acids is 1. The number of nitrogens with zero attached hydrogens (tertiary/aromatic N) is 3. The number of rotatable bonds is 6. The zero-order valence-electron chi connectivity index (χ0n) is 14.3. The molecule has 1 unspecified atom stereocenters. The van der Waals surface area contributed by atoms with Crippen molar-refractivity contribution in [2.75, 3.05) is 4.90 Å². The van der Waals surface area contributed by atoms with Gasteiger partial charge in [-0.15, -0.1) is 0 Å². The largest absolute Gasteiger partial charge is 0.478 e. The minimum Gasteiger partial charge on any atom is -0.478 e. The van der Waals surface area contributed by atoms with Gasteiger partial charge in [0, 0.05) is 11.9 Å². The van der Waals surface area contributed by atoms with E-state index < -0.39 is 12.0 Å². The van der Waals surface area contributed by atoms with Crippen molar-refractivity contribution in [3.8, 4) is 0 Å². The van der Waals surface area contributed by atoms with Crippen molar-refractivity contribution in [1.29, 1.82) is 0 Å². The number of para-hydroxylation sites is 1. The third kappa shape index (κ3) is 3.80. The number of benzene rings is 2. The molecule has 2 aromatic carbocycles. The minimum absolute atomic E-state index is 0.0546. The average Bonchev–Trinajstić information content (AvgIpc) is 3.17. The maximum absolute atomic E-state index is 13.1. The number of hydrogen-bond acceptors (Lipinski definition) is 3. The summed E-state index contributed by atoms with van der Waals surface area (Å²) in [4.78, 5) is 25.9. The molecule has 0 radical (unpaired) electrons. The van der Waals surface area contributed by atoms with Crippen LogP contribution in [0.3, 0.4) is 0 Å². The Balaban J connectivity index is 1.89. The summed E-state index contributed by atoms with van der Waals surface area (Å²) in [5.74, 6) is -1.24. The molecular formula is C20H19N3O3. The predicted octanol–water partition coefficient (Wildman–Crippen LogP) is 3.38. The topological polar surface area (TPSA) is 75.4 Å². The Morgan fingerprint density at radius 3 is 2.27 bits per heavy atom. The molecule has 1 N–H and O–H groups in total. The standard InChI is InChI=1S/C20H19N3O3/c1-15(23-14-17(12-21-23)20(25)26)19(24)22(18-10-6-3-7-11-18)13-16-8-4-2-5-9-16/h2-12,14-15H,13H2,1H3,(H,25,26). The van der Waals surface area contributed by atoms with Gasteiger partial charge in [0.2, 0.25) is 0 Å². The van der Waals surface area contributed by atoms with E-state index in [4.69, 9.17) is 5.11 Å². The summed E-state index contributed by atoms with van der Waals surface area (Å²) in [6, 6.07) is 18.5. The monoisotopic (exact) mass is 349 g/mol. The molecule has 0 aliphatic heterocycles. The lowest BCUT2D eigenvalue weighted by molar-refractivity contribution is -0.121. The van der Waals surface area contributed by atoms with Crippen LogP contribution in [0.5, 0.6) is 0 Å². The first kappa shape index (κ1) is 17.4. The summed E-state index contributed by atoms with van der Waals surface area (Å²) in [5, 5.41) is 13.1. The number of aromatic nitrogens is 2. The van der Waals surface area contributed by atoms with Gasteiger partial charge in [-0.2, -0.15) is 5.10 Å². The van der Waals surface area contributed by atoms with Crippen LogP contribution >= 0.6 is 0 Å². The van der Waals surface area contributed by atoms with Crippen molar-refractivity contribution < 1.29 is 14.7 Å². The summed E-state index contributed by atoms with van der Waals surface area (Å²) in [6.45, 7) is 2.13. The second kappa shape index (κ2) is 7.65. The molecule has 1 aromatic heterocycles. The van der Waals surface area contributed by atoms with E-state index in [-0.39, 0.29) is 11.5 Å². The van der Waals surface area contributed by atoms with E-state index in [0.29, 0.717) is 6.54 Å². The number of anilines is 1. The van der Waals surface area contributed by atoms with Crippen molar-refractivity contribution in [3.05, 3.63) is 84.2 Å². The molecule has 0 aliphatic rings. The first-order chi connectivity index (χ1) is 12.6. The smallest absolute Gasteiger partial charge is 0.338 e. The van der Waals surface area contributed by atoms with E-state index in [2.05, 4.69) is 5.10 Å². The molecule has 0 spiro atoms. The molecule has 1 amide bonds. The number of carboxylic acid groups (broad SMARTS) is 1. The molecule has 1 atom stereocenters. The van der Waals surface area contributed by atoms with E-state index in [1.807, 2.05) is 60.7 Å². The second-order valence-corrected chi connectivity index (χ2v) is 5.94. The van der Waals surface area contributed by atoms with Crippen molar-refractivity contribution in [1.82, 2.24) is 9.78 Å². The lowest BCUT2D eigenvalue weighted by Crippen LogP contribution is -2.36. The van der Waals surface area contributed by atoms with E-state index in [1.54, 1.807) is 11.8 Å². The summed E-state index contributed by atoms with van der Waals surface area (Å²) < 4.78 is 1.38. The number of carbonyl (C=O) groups excluding carboxylic acids is 1. The fourth-order valence-electron chi connectivity index (χ4n) is 2.67. The first-order valence-electron chi connectivity index (χ1n) is 8.24. The van der Waals surface area contributed by atoms with Gasteiger partial charge in [-0.3, -0.25) is 9.48 Å². The zero-order chi connectivity index (χ0) is 18.5. The molecule has 3 aromatic rings. The number of hydrogen-bond donors (Lipinski definition) is 1. The summed E-state index contributed by atoms with van der Waals surface area (Å²) in [5.41, 5.74) is 1.83. The van der Waals surface area contributed by atoms with Crippen LogP contribution in [0.25, 0.3) is 0 Å². The highest BCUT2D eigenvalue weighted by atomic mass is 16.4. The molecule has 0 bridgehead atoms. The molecule has 0 saturated carbocycles. The summed E-state index contributed by atoms with van der Waals surface area (Å²) in [7, 11) is 0. The van der Waals surface area contributed by atoms with Gasteiger partial charge in [0.25, 0.3) is 5.91 Å². The minimum atomic E-state index is -1.07. The number of carbonyl (C=O) groups is 2. The molecule has 26 heavy (non-hydrogen) atoms. The van der Waals surface area contributed by atoms with Crippen LogP contribution in [0, 0.1) is 0 Å². The Kier molecular flexibility index (Phi) is 5.12. The Hall–Kier alpha value is -3.41. The fourth-order valence-corrected chi connectivity index (χ4v) is 2.67. The van der Waals surface area contributed by atoms with Gasteiger partial charge < -0.3 is 10.0 Å². The van der Waals surface area contributed by atoms with Crippen molar-refractivity contribution in [2.24, 2.45) is 0 Å². The normalized spacial score (nSPS) is 11.7. The van der Waals surface area contributed by atoms with E-state index >= 15 is 0 Å². The van der Waals surface area contributed by atoms with Crippen LogP contribution in [0.2, 0.25) is 0 Å². The first-order valence-corrected chi connectivity index (χ1v) is 8.24. The van der Waals surface area contributed by atoms with Gasteiger partial charge in [0.1, 0.15) is 6.04 Å². The van der Waals surface area contributed by atoms with Gasteiger partial charge in [0.15, 0.2) is 0 Å². The van der Waals surface area contributed by atoms with E-state index in [0.717, 1.165) is 11.3 Å². The highest BCUT2D eigenvalue weighted by Crippen LogP contribution is 2.21. The molecular weight excluding hydrogens is 330 g/mol. The summed E-state index contributed by atoms with van der Waals surface area (Å²) >= 11 is 0. The molecule has 132 valence electrons. The van der Waals surface area contributed by atoms with Crippen molar-refractivity contribution in [2.45, 2.75) is 19.5 Å². The van der Waals surface area contributed by atoms with Gasteiger partial charge in [-0.05, 0) is 24.6 Å². The van der Waals surface area contributed by atoms with E-state index in [9.17, 15) is 9.59 Å². The third-order valence-electron chi connectivity index (χ3n) is 4.12. The quantitative estimate of drug-likeness (QED) is 0.740. The van der Waals surface area contributed by atoms with Crippen LogP contribution in [0.15, 0.2) is 73.1 Å². The highest BCUT2D eigenvalue weighted by Gasteiger charge is 2.24. The van der Waals surface area contributed by atoms with Crippen molar-refractivity contribution >= 4 is 17.6 Å². The Bertz CT molecular complexity index is 891. The molecule has 6 nitrogen and oxygen atoms in total. The SMILES string of the molecule is CC(C(=O)N(Cc1ccccc1)c1ccccc1)n1cc(C(=O)O)cn1. The molecule has 0 saturated heterocycles. The maximum Gasteiger partial charge on any atom is 0.338 e. The van der Waals surface area contributed by atoms with Crippen LogP contribution in [-0.4, -0.2) is 26.8 Å². The molecule has 6 heteroatoms. The lowest BCUT2D eigenvalue weighted by atomic mass is 10.1. The molecule has 1 heterocycles. The number of carboxylic acids is 1. The van der Waals surface area contributed by atoms with Crippen LogP contribution < -0.4 is 4.90 Å². The van der Waals surface area contributed by atoms with E-state index in [1.165, 1.54) is 17.1 Å². The van der Waals surface area contributed by atoms with Gasteiger partial charge in [0.05, 0.1) is 18.3 Å². The lowest BCUT2D eigenvalue weighted by Gasteiger charge is -2.26. The summed E-state index contributed by atoms with van der Waals surface area (Å²) in [6.07, 6.45) is 2.62. The van der Waals surface area contributed by atoms with Crippen LogP contribution in [0.4, 0.5) is 5.69 Å². The third-order valence-corrected chi connectivity index (χ3v) is 4.12. The van der Waals surface area contributed by atoms with Gasteiger partial charge in [-0.25, -0.2) is 4.79 Å². The Morgan fingerprint density at radius 2 is 1.69 bits per heavy atom. The fraction of sp³-hybridized carbons (Fsp3) is 0.150. The molecule has 3 rings (SSSR count). The second-order valence-electron chi connectivity index (χ2n) is 5.94. The van der Waals surface area contributed by atoms with Crippen LogP contribution in [0.1, 0.15) is 28.9 Å². The average molecular weight is 349 g/mol. The van der Waals surface area contributed by atoms with Gasteiger partial charge >= 0.3 is 5.97 Å². The van der Waals surface area contributed by atoms with Gasteiger partial charge in [-0.1, -0.05) is 48.5 Å². The zero-order valence-corrected chi connectivity index (χ0v) is 14.3.